The molecule has 7 nitrogen and oxygen atoms in total. The molecular weight excluding hydrogens is 400 g/mol. The number of carbonyl (C=O) groups is 2. The number of methoxy groups -OCH3 is 2. The van der Waals surface area contributed by atoms with Crippen LogP contribution >= 0.6 is 0 Å². The van der Waals surface area contributed by atoms with Gasteiger partial charge < -0.3 is 23.7 Å². The summed E-state index contributed by atoms with van der Waals surface area (Å²) in [5, 5.41) is 0. The van der Waals surface area contributed by atoms with Crippen molar-refractivity contribution in [3.8, 4) is 0 Å². The lowest BCUT2D eigenvalue weighted by molar-refractivity contribution is -0.141. The van der Waals surface area contributed by atoms with E-state index < -0.39 is 17.9 Å². The van der Waals surface area contributed by atoms with E-state index in [1.807, 2.05) is 32.0 Å². The predicted molar refractivity (Wildman–Crippen MR) is 113 cm³/mol. The summed E-state index contributed by atoms with van der Waals surface area (Å²) in [5.74, 6) is -1.44. The Morgan fingerprint density at radius 1 is 0.871 bits per heavy atom. The van der Waals surface area contributed by atoms with Crippen LogP contribution in [0.3, 0.4) is 0 Å². The van der Waals surface area contributed by atoms with Crippen molar-refractivity contribution in [1.29, 1.82) is 0 Å². The summed E-state index contributed by atoms with van der Waals surface area (Å²) in [7, 11) is 3.10. The third-order valence-corrected chi connectivity index (χ3v) is 5.59. The number of carbonyl (C=O) groups excluding carboxylic acids is 2. The summed E-state index contributed by atoms with van der Waals surface area (Å²) in [6, 6.07) is 5.97. The van der Waals surface area contributed by atoms with Gasteiger partial charge in [-0.15, -0.1) is 0 Å². The number of ether oxygens (including phenoxy) is 5. The summed E-state index contributed by atoms with van der Waals surface area (Å²) in [6.45, 7) is 5.81. The Morgan fingerprint density at radius 2 is 1.42 bits per heavy atom. The number of esters is 2. The molecule has 1 aromatic carbocycles. The molecule has 0 spiro atoms. The highest BCUT2D eigenvalue weighted by molar-refractivity contribution is 6.00. The molecule has 0 unspecified atom stereocenters. The Hall–Kier alpha value is -2.48. The topological polar surface area (TPSA) is 80.3 Å². The maximum absolute atomic E-state index is 13.1. The monoisotopic (exact) mass is 430 g/mol. The van der Waals surface area contributed by atoms with Gasteiger partial charge in [-0.1, -0.05) is 29.3 Å². The van der Waals surface area contributed by atoms with Crippen molar-refractivity contribution >= 4 is 11.9 Å². The fourth-order valence-corrected chi connectivity index (χ4v) is 4.11. The zero-order chi connectivity index (χ0) is 22.4. The third kappa shape index (κ3) is 5.23. The summed E-state index contributed by atoms with van der Waals surface area (Å²) in [5.41, 5.74) is 5.77. The van der Waals surface area contributed by atoms with E-state index in [1.54, 1.807) is 14.2 Å². The molecule has 2 aliphatic rings. The van der Waals surface area contributed by atoms with Crippen LogP contribution in [0.4, 0.5) is 0 Å². The lowest BCUT2D eigenvalue weighted by Crippen LogP contribution is -2.27. The summed E-state index contributed by atoms with van der Waals surface area (Å²) < 4.78 is 26.5. The summed E-state index contributed by atoms with van der Waals surface area (Å²) >= 11 is 0. The van der Waals surface area contributed by atoms with Crippen molar-refractivity contribution in [2.75, 3.05) is 40.6 Å². The minimum Gasteiger partial charge on any atom is -0.460 e. The van der Waals surface area contributed by atoms with Crippen LogP contribution in [-0.2, 0) is 46.5 Å². The molecule has 3 rings (SSSR count). The first kappa shape index (κ1) is 23.2. The van der Waals surface area contributed by atoms with Gasteiger partial charge in [-0.05, 0) is 37.0 Å². The molecule has 0 saturated heterocycles. The average molecular weight is 430 g/mol. The lowest BCUT2D eigenvalue weighted by Gasteiger charge is -2.30. The van der Waals surface area contributed by atoms with Gasteiger partial charge in [-0.3, -0.25) is 0 Å². The van der Waals surface area contributed by atoms with Gasteiger partial charge in [-0.25, -0.2) is 9.59 Å². The molecule has 0 fully saturated rings. The van der Waals surface area contributed by atoms with Crippen LogP contribution in [0, 0.1) is 0 Å². The number of hydrogen-bond acceptors (Lipinski definition) is 7. The van der Waals surface area contributed by atoms with Gasteiger partial charge in [0.15, 0.2) is 0 Å². The van der Waals surface area contributed by atoms with Crippen LogP contribution in [0.2, 0.25) is 0 Å². The molecule has 0 radical (unpaired) electrons. The molecule has 7 heteroatoms. The van der Waals surface area contributed by atoms with Crippen LogP contribution in [-0.4, -0.2) is 52.6 Å². The van der Waals surface area contributed by atoms with Crippen molar-refractivity contribution < 1.29 is 33.3 Å². The fourth-order valence-electron chi connectivity index (χ4n) is 4.11. The molecule has 0 amide bonds. The maximum Gasteiger partial charge on any atom is 0.335 e. The summed E-state index contributed by atoms with van der Waals surface area (Å²) in [6.07, 6.45) is 0.508. The van der Waals surface area contributed by atoms with Gasteiger partial charge in [0.05, 0.1) is 26.4 Å². The molecule has 168 valence electrons. The Morgan fingerprint density at radius 3 is 1.97 bits per heavy atom. The first-order valence-corrected chi connectivity index (χ1v) is 10.4. The van der Waals surface area contributed by atoms with Crippen molar-refractivity contribution in [2.24, 2.45) is 0 Å². The van der Waals surface area contributed by atoms with E-state index >= 15 is 0 Å². The molecule has 0 bridgehead atoms. The van der Waals surface area contributed by atoms with Crippen molar-refractivity contribution in [1.82, 2.24) is 0 Å². The van der Waals surface area contributed by atoms with E-state index in [2.05, 4.69) is 0 Å². The number of fused-ring (bicyclic) bond motifs is 1. The Balaban J connectivity index is 2.01. The van der Waals surface area contributed by atoms with Crippen molar-refractivity contribution in [2.45, 2.75) is 39.4 Å². The Kier molecular flexibility index (Phi) is 8.01. The van der Waals surface area contributed by atoms with Crippen LogP contribution < -0.4 is 0 Å². The van der Waals surface area contributed by atoms with E-state index in [-0.39, 0.29) is 13.2 Å². The van der Waals surface area contributed by atoms with E-state index in [9.17, 15) is 9.59 Å². The molecule has 0 aromatic heterocycles. The van der Waals surface area contributed by atoms with E-state index in [0.29, 0.717) is 44.0 Å². The number of allylic oxidation sites excluding steroid dienone is 2. The molecule has 31 heavy (non-hydrogen) atoms. The molecular formula is C24H30O7. The normalized spacial score (nSPS) is 16.5. The standard InChI is InChI=1S/C24H30O7/c1-15-11-16(2)21(24(26)31-10-8-28-4)22(20(15)23(25)30-9-7-27-3)17-5-6-18-13-29-14-19(18)12-17/h5-6,12,22H,7-11,13-14H2,1-4H3. The van der Waals surface area contributed by atoms with Crippen LogP contribution in [0.5, 0.6) is 0 Å². The zero-order valence-corrected chi connectivity index (χ0v) is 18.6. The fraction of sp³-hybridized carbons (Fsp3) is 0.500. The first-order valence-electron chi connectivity index (χ1n) is 10.4. The van der Waals surface area contributed by atoms with Crippen molar-refractivity contribution in [3.63, 3.8) is 0 Å². The molecule has 1 heterocycles. The van der Waals surface area contributed by atoms with Crippen LogP contribution in [0.15, 0.2) is 40.5 Å². The molecule has 0 N–H and O–H groups in total. The zero-order valence-electron chi connectivity index (χ0n) is 18.6. The smallest absolute Gasteiger partial charge is 0.335 e. The van der Waals surface area contributed by atoms with Crippen LogP contribution in [0.1, 0.15) is 42.9 Å². The highest BCUT2D eigenvalue weighted by Gasteiger charge is 2.38. The lowest BCUT2D eigenvalue weighted by atomic mass is 9.74. The Labute approximate surface area is 183 Å². The number of hydrogen-bond donors (Lipinski definition) is 0. The first-order chi connectivity index (χ1) is 15.0. The van der Waals surface area contributed by atoms with E-state index in [4.69, 9.17) is 23.7 Å². The largest absolute Gasteiger partial charge is 0.460 e. The van der Waals surface area contributed by atoms with E-state index in [1.165, 1.54) is 0 Å². The second-order valence-electron chi connectivity index (χ2n) is 7.78. The van der Waals surface area contributed by atoms with Gasteiger partial charge in [0, 0.05) is 31.3 Å². The average Bonchev–Trinajstić information content (AvgIpc) is 3.21. The minimum absolute atomic E-state index is 0.146. The molecule has 0 atom stereocenters. The molecule has 1 aliphatic heterocycles. The SMILES string of the molecule is COCCOC(=O)C1=C(C)CC(C)=C(C(=O)OCCOC)C1c1ccc2c(c1)COC2. The second kappa shape index (κ2) is 10.7. The molecule has 1 aliphatic carbocycles. The number of rotatable bonds is 9. The third-order valence-electron chi connectivity index (χ3n) is 5.59. The predicted octanol–water partition coefficient (Wildman–Crippen LogP) is 3.22. The number of benzene rings is 1. The summed E-state index contributed by atoms with van der Waals surface area (Å²) in [4.78, 5) is 26.2. The highest BCUT2D eigenvalue weighted by Crippen LogP contribution is 2.43. The molecule has 1 aromatic rings. The minimum atomic E-state index is -0.565. The van der Waals surface area contributed by atoms with E-state index in [0.717, 1.165) is 27.8 Å². The van der Waals surface area contributed by atoms with Gasteiger partial charge in [0.2, 0.25) is 0 Å². The second-order valence-corrected chi connectivity index (χ2v) is 7.78. The highest BCUT2D eigenvalue weighted by atomic mass is 16.6. The maximum atomic E-state index is 13.1. The van der Waals surface area contributed by atoms with Crippen molar-refractivity contribution in [3.05, 3.63) is 57.2 Å². The quantitative estimate of drug-likeness (QED) is 0.440. The Bertz CT molecular complexity index is 853. The van der Waals surface area contributed by atoms with Gasteiger partial charge in [0.1, 0.15) is 13.2 Å². The van der Waals surface area contributed by atoms with Gasteiger partial charge in [0.25, 0.3) is 0 Å². The molecule has 0 saturated carbocycles. The van der Waals surface area contributed by atoms with Crippen LogP contribution in [0.25, 0.3) is 0 Å². The van der Waals surface area contributed by atoms with Gasteiger partial charge >= 0.3 is 11.9 Å². The van der Waals surface area contributed by atoms with Gasteiger partial charge in [-0.2, -0.15) is 0 Å².